The van der Waals surface area contributed by atoms with Crippen molar-refractivity contribution in [2.24, 2.45) is 0 Å². The molecule has 1 aromatic heterocycles. The third-order valence-electron chi connectivity index (χ3n) is 0.473. The van der Waals surface area contributed by atoms with Gasteiger partial charge in [0.1, 0.15) is 5.51 Å². The fraction of sp³-hybridized carbons (Fsp3) is 0. The van der Waals surface area contributed by atoms with Crippen LogP contribution in [0.5, 0.6) is 0 Å². The van der Waals surface area contributed by atoms with Crippen LogP contribution in [-0.4, -0.2) is 9.19 Å². The van der Waals surface area contributed by atoms with Crippen molar-refractivity contribution < 1.29 is 0 Å². The first-order valence-corrected chi connectivity index (χ1v) is 3.21. The zero-order valence-corrected chi connectivity index (χ0v) is 5.76. The second-order valence-corrected chi connectivity index (χ2v) is 2.75. The number of hydrogen-bond acceptors (Lipinski definition) is 4. The first kappa shape index (κ1) is 5.27. The molecule has 38 valence electrons. The molecule has 0 amide bonds. The lowest BCUT2D eigenvalue weighted by Crippen LogP contribution is -1.77. The molecule has 0 aliphatic rings. The van der Waals surface area contributed by atoms with Crippen LogP contribution in [0, 0.1) is 3.95 Å². The summed E-state index contributed by atoms with van der Waals surface area (Å²) in [5.41, 5.74) is 1.65. The van der Waals surface area contributed by atoms with E-state index in [0.717, 1.165) is 0 Å². The van der Waals surface area contributed by atoms with Crippen LogP contribution in [0.1, 0.15) is 0 Å². The third-order valence-corrected chi connectivity index (χ3v) is 2.08. The van der Waals surface area contributed by atoms with Crippen molar-refractivity contribution in [3.8, 4) is 0 Å². The summed E-state index contributed by atoms with van der Waals surface area (Å²) in [7, 11) is 0. The molecule has 0 fully saturated rings. The lowest BCUT2D eigenvalue weighted by molar-refractivity contribution is 1.01. The van der Waals surface area contributed by atoms with E-state index in [0.29, 0.717) is 3.95 Å². The molecule has 0 unspecified atom stereocenters. The molecule has 0 N–H and O–H groups in total. The Morgan fingerprint density at radius 3 is 2.86 bits per heavy atom. The van der Waals surface area contributed by atoms with Gasteiger partial charge in [-0.05, 0) is 25.0 Å². The van der Waals surface area contributed by atoms with Gasteiger partial charge in [0.25, 0.3) is 0 Å². The predicted molar refractivity (Wildman–Crippen MR) is 35.3 cm³/mol. The lowest BCUT2D eigenvalue weighted by Gasteiger charge is -1.75. The van der Waals surface area contributed by atoms with Crippen molar-refractivity contribution >= 4 is 36.4 Å². The van der Waals surface area contributed by atoms with Crippen LogP contribution in [0.3, 0.4) is 0 Å². The van der Waals surface area contributed by atoms with Gasteiger partial charge in [0.2, 0.25) is 0 Å². The largest absolute Gasteiger partial charge is 0.190 e. The van der Waals surface area contributed by atoms with Crippen molar-refractivity contribution in [3.05, 3.63) is 9.46 Å². The highest BCUT2D eigenvalue weighted by Crippen LogP contribution is 1.98. The quantitative estimate of drug-likeness (QED) is 0.444. The van der Waals surface area contributed by atoms with Gasteiger partial charge in [0.05, 0.1) is 0 Å². The second-order valence-electron chi connectivity index (χ2n) is 0.894. The molecule has 0 radical (unpaired) electrons. The average molecular weight is 150 g/mol. The van der Waals surface area contributed by atoms with E-state index in [1.807, 2.05) is 0 Å². The Labute approximate surface area is 55.3 Å². The van der Waals surface area contributed by atoms with Gasteiger partial charge in [-0.2, -0.15) is 9.19 Å². The zero-order valence-electron chi connectivity index (χ0n) is 3.24. The van der Waals surface area contributed by atoms with Crippen LogP contribution >= 0.6 is 36.4 Å². The molecule has 7 heavy (non-hydrogen) atoms. The highest BCUT2D eigenvalue weighted by Gasteiger charge is 1.81. The van der Waals surface area contributed by atoms with Gasteiger partial charge in [0, 0.05) is 0 Å². The van der Waals surface area contributed by atoms with Crippen molar-refractivity contribution in [1.29, 1.82) is 0 Å². The molecule has 5 heteroatoms. The maximum Gasteiger partial charge on any atom is 0.190 e. The first-order valence-electron chi connectivity index (χ1n) is 1.53. The molecular formula is C2H2N2S3. The van der Waals surface area contributed by atoms with Crippen molar-refractivity contribution in [2.45, 2.75) is 0 Å². The van der Waals surface area contributed by atoms with Gasteiger partial charge in [0.15, 0.2) is 3.95 Å². The van der Waals surface area contributed by atoms with E-state index in [4.69, 9.17) is 12.2 Å². The molecule has 1 aromatic rings. The minimum atomic E-state index is 0.684. The Balaban J connectivity index is 3.39. The summed E-state index contributed by atoms with van der Waals surface area (Å²) in [6, 6.07) is 0. The summed E-state index contributed by atoms with van der Waals surface area (Å²) >= 11 is 9.98. The smallest absolute Gasteiger partial charge is 0.188 e. The van der Waals surface area contributed by atoms with Gasteiger partial charge in [-0.15, -0.1) is 0 Å². The van der Waals surface area contributed by atoms with Crippen LogP contribution < -0.4 is 0 Å². The average Bonchev–Trinajstić information content (AvgIpc) is 1.91. The lowest BCUT2D eigenvalue weighted by atomic mass is 11.6. The minimum absolute atomic E-state index is 0.684. The van der Waals surface area contributed by atoms with Gasteiger partial charge in [-0.1, -0.05) is 11.3 Å². The maximum atomic E-state index is 4.73. The molecule has 0 bridgehead atoms. The zero-order chi connectivity index (χ0) is 5.28. The SMILES string of the molecule is S=c1scnn1S. The monoisotopic (exact) mass is 150 g/mol. The highest BCUT2D eigenvalue weighted by atomic mass is 32.1. The molecule has 0 aliphatic carbocycles. The van der Waals surface area contributed by atoms with E-state index in [-0.39, 0.29) is 0 Å². The molecule has 1 heterocycles. The maximum absolute atomic E-state index is 4.73. The fourth-order valence-electron chi connectivity index (χ4n) is 0.208. The van der Waals surface area contributed by atoms with Crippen LogP contribution in [0.4, 0.5) is 0 Å². The van der Waals surface area contributed by atoms with E-state index in [1.165, 1.54) is 15.4 Å². The van der Waals surface area contributed by atoms with Crippen molar-refractivity contribution in [2.75, 3.05) is 0 Å². The van der Waals surface area contributed by atoms with Gasteiger partial charge in [-0.3, -0.25) is 0 Å². The molecule has 0 spiro atoms. The molecular weight excluding hydrogens is 148 g/mol. The summed E-state index contributed by atoms with van der Waals surface area (Å²) in [6.45, 7) is 0. The van der Waals surface area contributed by atoms with E-state index in [2.05, 4.69) is 17.9 Å². The second kappa shape index (κ2) is 1.94. The molecule has 0 saturated heterocycles. The van der Waals surface area contributed by atoms with E-state index < -0.39 is 0 Å². The highest BCUT2D eigenvalue weighted by molar-refractivity contribution is 7.79. The van der Waals surface area contributed by atoms with Gasteiger partial charge in [-0.25, -0.2) is 0 Å². The number of nitrogens with zero attached hydrogens (tertiary/aromatic N) is 2. The normalized spacial score (nSPS) is 9.29. The van der Waals surface area contributed by atoms with Crippen LogP contribution in [-0.2, 0) is 0 Å². The van der Waals surface area contributed by atoms with Crippen LogP contribution in [0.15, 0.2) is 5.51 Å². The molecule has 0 aliphatic heterocycles. The summed E-state index contributed by atoms with van der Waals surface area (Å²) in [5.74, 6) is 0. The van der Waals surface area contributed by atoms with Crippen molar-refractivity contribution in [1.82, 2.24) is 9.19 Å². The Kier molecular flexibility index (Phi) is 1.46. The van der Waals surface area contributed by atoms with Gasteiger partial charge < -0.3 is 0 Å². The fourth-order valence-corrected chi connectivity index (χ4v) is 1.02. The Hall–Kier alpha value is 0.130. The summed E-state index contributed by atoms with van der Waals surface area (Å²) < 4.78 is 2.04. The number of aromatic nitrogens is 2. The summed E-state index contributed by atoms with van der Waals surface area (Å²) in [4.78, 5) is 0. The number of hydrogen-bond donors (Lipinski definition) is 1. The van der Waals surface area contributed by atoms with Gasteiger partial charge >= 0.3 is 0 Å². The van der Waals surface area contributed by atoms with Crippen LogP contribution in [0.2, 0.25) is 0 Å². The van der Waals surface area contributed by atoms with E-state index in [1.54, 1.807) is 5.51 Å². The first-order chi connectivity index (χ1) is 3.30. The summed E-state index contributed by atoms with van der Waals surface area (Å²) in [6.07, 6.45) is 0. The number of thiol groups is 1. The summed E-state index contributed by atoms with van der Waals surface area (Å²) in [5, 5.41) is 3.71. The van der Waals surface area contributed by atoms with E-state index >= 15 is 0 Å². The predicted octanol–water partition coefficient (Wildman–Crippen LogP) is 1.37. The van der Waals surface area contributed by atoms with E-state index in [9.17, 15) is 0 Å². The molecule has 0 saturated carbocycles. The molecule has 0 aromatic carbocycles. The topological polar surface area (TPSA) is 17.8 Å². The molecule has 0 atom stereocenters. The standard InChI is InChI=1S/C2H2N2S3/c5-2-4(6)3-1-7-2/h1,6H. The third kappa shape index (κ3) is 1.02. The molecule has 1 rings (SSSR count). The number of rotatable bonds is 0. The Bertz CT molecular complexity index is 199. The van der Waals surface area contributed by atoms with Crippen molar-refractivity contribution in [3.63, 3.8) is 0 Å². The minimum Gasteiger partial charge on any atom is -0.188 e. The Morgan fingerprint density at radius 1 is 2.00 bits per heavy atom. The molecule has 2 nitrogen and oxygen atoms in total. The Morgan fingerprint density at radius 2 is 2.71 bits per heavy atom. The van der Waals surface area contributed by atoms with Crippen LogP contribution in [0.25, 0.3) is 0 Å².